The van der Waals surface area contributed by atoms with Crippen LogP contribution in [-0.4, -0.2) is 0 Å². The van der Waals surface area contributed by atoms with E-state index in [-0.39, 0.29) is 5.56 Å². The second-order valence-corrected chi connectivity index (χ2v) is 8.43. The lowest BCUT2D eigenvalue weighted by Gasteiger charge is -2.18. The molecule has 2 aromatic heterocycles. The molecule has 0 aliphatic heterocycles. The van der Waals surface area contributed by atoms with Crippen molar-refractivity contribution in [3.05, 3.63) is 71.0 Å². The van der Waals surface area contributed by atoms with Crippen molar-refractivity contribution in [3.8, 4) is 11.3 Å². The van der Waals surface area contributed by atoms with Crippen LogP contribution in [0.5, 0.6) is 0 Å². The number of aryl methyl sites for hydroxylation is 2. The number of halogens is 1. The molecule has 4 rings (SSSR count). The molecule has 29 heavy (non-hydrogen) atoms. The van der Waals surface area contributed by atoms with Gasteiger partial charge in [-0.15, -0.1) is 0 Å². The number of benzene rings is 2. The highest BCUT2D eigenvalue weighted by Crippen LogP contribution is 2.38. The van der Waals surface area contributed by atoms with Crippen molar-refractivity contribution >= 4 is 27.6 Å². The fraction of sp³-hybridized carbons (Fsp3) is 0.280. The fourth-order valence-electron chi connectivity index (χ4n) is 3.68. The number of fused-ring (bicyclic) bond motifs is 3. The molecule has 3 nitrogen and oxygen atoms in total. The summed E-state index contributed by atoms with van der Waals surface area (Å²) in [5.74, 6) is -0.587. The van der Waals surface area contributed by atoms with Gasteiger partial charge in [0.2, 0.25) is 5.69 Å². The van der Waals surface area contributed by atoms with Crippen LogP contribution in [0, 0.1) is 24.7 Å². The van der Waals surface area contributed by atoms with Crippen LogP contribution in [0.15, 0.2) is 47.0 Å². The van der Waals surface area contributed by atoms with Crippen LogP contribution in [0.3, 0.4) is 0 Å². The van der Waals surface area contributed by atoms with E-state index in [1.54, 1.807) is 50.6 Å². The van der Waals surface area contributed by atoms with Crippen molar-refractivity contribution in [2.75, 3.05) is 0 Å². The third-order valence-electron chi connectivity index (χ3n) is 4.95. The highest BCUT2D eigenvalue weighted by Gasteiger charge is 2.24. The van der Waals surface area contributed by atoms with E-state index in [2.05, 4.69) is 4.85 Å². The lowest BCUT2D eigenvalue weighted by atomic mass is 9.88. The van der Waals surface area contributed by atoms with Gasteiger partial charge >= 0.3 is 0 Å². The molecule has 146 valence electrons. The number of rotatable bonds is 2. The minimum Gasteiger partial charge on any atom is -0.455 e. The van der Waals surface area contributed by atoms with Gasteiger partial charge in [-0.2, -0.15) is 0 Å². The molecule has 0 atom stereocenters. The van der Waals surface area contributed by atoms with Crippen LogP contribution in [0.1, 0.15) is 34.6 Å². The summed E-state index contributed by atoms with van der Waals surface area (Å²) < 4.78 is 40.1. The maximum Gasteiger partial charge on any atom is 0.219 e. The maximum absolute atomic E-state index is 15.3. The van der Waals surface area contributed by atoms with Crippen LogP contribution < -0.4 is 4.57 Å². The summed E-state index contributed by atoms with van der Waals surface area (Å²) in [5, 5.41) is 1.70. The van der Waals surface area contributed by atoms with Crippen molar-refractivity contribution < 1.29 is 16.1 Å². The zero-order valence-corrected chi connectivity index (χ0v) is 17.2. The van der Waals surface area contributed by atoms with Crippen LogP contribution >= 0.6 is 0 Å². The lowest BCUT2D eigenvalue weighted by Crippen LogP contribution is -2.33. The third-order valence-corrected chi connectivity index (χ3v) is 4.95. The summed E-state index contributed by atoms with van der Waals surface area (Å²) in [6, 6.07) is 10.6. The van der Waals surface area contributed by atoms with Gasteiger partial charge in [0.15, 0.2) is 11.9 Å². The van der Waals surface area contributed by atoms with E-state index in [1.807, 2.05) is 19.1 Å². The maximum atomic E-state index is 15.3. The molecule has 0 saturated carbocycles. The summed E-state index contributed by atoms with van der Waals surface area (Å²) in [6.45, 7) is 14.5. The SMILES string of the molecule is [2H]C([2H])(c1c[n+](C)c(-c2c(C)ccc3c2oc2ccc([N+]#[C-])cc23)cc1F)C(C)(C)C. The Kier molecular flexibility index (Phi) is 3.87. The molecule has 0 aliphatic rings. The van der Waals surface area contributed by atoms with Crippen LogP contribution in [0.2, 0.25) is 0 Å². The Morgan fingerprint density at radius 1 is 1.17 bits per heavy atom. The Labute approximate surface area is 173 Å². The van der Waals surface area contributed by atoms with Crippen LogP contribution in [0.25, 0.3) is 38.0 Å². The first-order valence-corrected chi connectivity index (χ1v) is 9.49. The number of nitrogens with zero attached hydrogens (tertiary/aromatic N) is 2. The molecular formula is C25H24FN2O+. The molecule has 0 saturated heterocycles. The Bertz CT molecular complexity index is 1390. The molecule has 0 radical (unpaired) electrons. The largest absolute Gasteiger partial charge is 0.455 e. The number of furan rings is 1. The van der Waals surface area contributed by atoms with Crippen LogP contribution in [0.4, 0.5) is 10.1 Å². The first kappa shape index (κ1) is 16.7. The number of pyridine rings is 1. The summed E-state index contributed by atoms with van der Waals surface area (Å²) in [4.78, 5) is 3.50. The molecule has 2 aromatic carbocycles. The molecule has 0 amide bonds. The van der Waals surface area contributed by atoms with Gasteiger partial charge in [-0.25, -0.2) is 13.8 Å². The highest BCUT2D eigenvalue weighted by atomic mass is 19.1. The zero-order valence-electron chi connectivity index (χ0n) is 19.2. The molecule has 0 aliphatic carbocycles. The first-order valence-electron chi connectivity index (χ1n) is 10.5. The quantitative estimate of drug-likeness (QED) is 0.277. The summed E-state index contributed by atoms with van der Waals surface area (Å²) in [5.41, 5.74) is 3.35. The third kappa shape index (κ3) is 3.38. The van der Waals surface area contributed by atoms with Crippen molar-refractivity contribution in [1.29, 1.82) is 0 Å². The molecular weight excluding hydrogens is 363 g/mol. The van der Waals surface area contributed by atoms with Gasteiger partial charge in [-0.1, -0.05) is 39.0 Å². The van der Waals surface area contributed by atoms with Crippen molar-refractivity contribution in [1.82, 2.24) is 0 Å². The zero-order chi connectivity index (χ0) is 22.7. The molecule has 0 unspecified atom stereocenters. The van der Waals surface area contributed by atoms with Gasteiger partial charge in [-0.05, 0) is 36.4 Å². The number of hydrogen-bond acceptors (Lipinski definition) is 1. The standard InChI is InChI=1S/C25H24FN2O/c1-15-7-9-18-19-11-17(27-5)8-10-22(19)29-24(18)23(15)21-12-20(26)16(14-28(21)6)13-25(2,3)4/h7-12,14H,13H2,1-4,6H3/q+1/i13D2. The van der Waals surface area contributed by atoms with E-state index in [4.69, 9.17) is 13.7 Å². The first-order chi connectivity index (χ1) is 14.5. The van der Waals surface area contributed by atoms with E-state index in [0.717, 1.165) is 21.9 Å². The Morgan fingerprint density at radius 3 is 2.62 bits per heavy atom. The second kappa shape index (κ2) is 6.70. The van der Waals surface area contributed by atoms with Crippen molar-refractivity contribution in [2.45, 2.75) is 34.1 Å². The van der Waals surface area contributed by atoms with Crippen LogP contribution in [-0.2, 0) is 13.4 Å². The van der Waals surface area contributed by atoms with Gasteiger partial charge in [0.25, 0.3) is 0 Å². The Morgan fingerprint density at radius 2 is 1.93 bits per heavy atom. The summed E-state index contributed by atoms with van der Waals surface area (Å²) in [6.07, 6.45) is -0.308. The minimum atomic E-state index is -1.84. The van der Waals surface area contributed by atoms with Gasteiger partial charge < -0.3 is 4.42 Å². The molecule has 0 N–H and O–H groups in total. The molecule has 4 heteroatoms. The van der Waals surface area contributed by atoms with E-state index in [1.165, 1.54) is 12.3 Å². The van der Waals surface area contributed by atoms with Crippen molar-refractivity contribution in [2.24, 2.45) is 12.5 Å². The monoisotopic (exact) mass is 389 g/mol. The molecule has 2 heterocycles. The average molecular weight is 389 g/mol. The molecule has 0 fully saturated rings. The van der Waals surface area contributed by atoms with Gasteiger partial charge in [0.05, 0.1) is 17.7 Å². The molecule has 4 aromatic rings. The van der Waals surface area contributed by atoms with E-state index >= 15 is 4.39 Å². The summed E-state index contributed by atoms with van der Waals surface area (Å²) >= 11 is 0. The van der Waals surface area contributed by atoms with E-state index < -0.39 is 17.6 Å². The number of hydrogen-bond donors (Lipinski definition) is 0. The lowest BCUT2D eigenvalue weighted by molar-refractivity contribution is -0.661. The Hall–Kier alpha value is -3.19. The van der Waals surface area contributed by atoms with Crippen molar-refractivity contribution in [3.63, 3.8) is 0 Å². The van der Waals surface area contributed by atoms with Gasteiger partial charge in [0.1, 0.15) is 24.0 Å². The van der Waals surface area contributed by atoms with E-state index in [9.17, 15) is 0 Å². The van der Waals surface area contributed by atoms with Gasteiger partial charge in [-0.3, -0.25) is 0 Å². The smallest absolute Gasteiger partial charge is 0.219 e. The molecule has 0 bridgehead atoms. The molecule has 0 spiro atoms. The minimum absolute atomic E-state index is 0.0300. The fourth-order valence-corrected chi connectivity index (χ4v) is 3.68. The predicted octanol–water partition coefficient (Wildman–Crippen LogP) is 6.66. The number of aromatic nitrogens is 1. The topological polar surface area (TPSA) is 21.4 Å². The normalized spacial score (nSPS) is 13.4. The van der Waals surface area contributed by atoms with Gasteiger partial charge in [0, 0.05) is 19.6 Å². The highest BCUT2D eigenvalue weighted by molar-refractivity contribution is 6.10. The van der Waals surface area contributed by atoms with E-state index in [0.29, 0.717) is 22.5 Å². The Balaban J connectivity index is 2.00. The predicted molar refractivity (Wildman–Crippen MR) is 114 cm³/mol. The average Bonchev–Trinajstić information content (AvgIpc) is 3.06. The second-order valence-electron chi connectivity index (χ2n) is 8.43. The summed E-state index contributed by atoms with van der Waals surface area (Å²) in [7, 11) is 1.79.